The van der Waals surface area contributed by atoms with Crippen molar-refractivity contribution in [2.45, 2.75) is 0 Å². The molecule has 7 nitrogen and oxygen atoms in total. The molecule has 0 N–H and O–H groups in total. The van der Waals surface area contributed by atoms with Gasteiger partial charge in [0.1, 0.15) is 5.75 Å². The lowest BCUT2D eigenvalue weighted by Gasteiger charge is -1.98. The third-order valence-corrected chi connectivity index (χ3v) is 2.32. The Kier molecular flexibility index (Phi) is 3.87. The standard InChI is InChI=1S/C12H12N4O3/c1-18-10-5-3-9(4-6-10)12-13-15-16(14-12)8-7-11(17)19-2/h3-8H,1-2H3/b8-7+. The van der Waals surface area contributed by atoms with Crippen molar-refractivity contribution in [2.24, 2.45) is 0 Å². The quantitative estimate of drug-likeness (QED) is 0.602. The molecule has 0 amide bonds. The van der Waals surface area contributed by atoms with Crippen molar-refractivity contribution < 1.29 is 14.3 Å². The van der Waals surface area contributed by atoms with Crippen LogP contribution in [0.3, 0.4) is 0 Å². The number of esters is 1. The number of methoxy groups -OCH3 is 2. The molecule has 0 fully saturated rings. The summed E-state index contributed by atoms with van der Waals surface area (Å²) in [6, 6.07) is 7.26. The lowest BCUT2D eigenvalue weighted by Crippen LogP contribution is -1.97. The fraction of sp³-hybridized carbons (Fsp3) is 0.167. The lowest BCUT2D eigenvalue weighted by atomic mass is 10.2. The Morgan fingerprint density at radius 3 is 2.63 bits per heavy atom. The number of tetrazole rings is 1. The largest absolute Gasteiger partial charge is 0.497 e. The summed E-state index contributed by atoms with van der Waals surface area (Å²) in [6.45, 7) is 0. The second-order valence-electron chi connectivity index (χ2n) is 3.50. The van der Waals surface area contributed by atoms with Crippen LogP contribution < -0.4 is 4.74 Å². The van der Waals surface area contributed by atoms with Crippen LogP contribution in [0.5, 0.6) is 5.75 Å². The van der Waals surface area contributed by atoms with Crippen molar-refractivity contribution in [3.63, 3.8) is 0 Å². The Morgan fingerprint density at radius 2 is 2.00 bits per heavy atom. The van der Waals surface area contributed by atoms with Crippen molar-refractivity contribution in [2.75, 3.05) is 14.2 Å². The van der Waals surface area contributed by atoms with Gasteiger partial charge < -0.3 is 9.47 Å². The maximum atomic E-state index is 10.9. The van der Waals surface area contributed by atoms with Crippen molar-refractivity contribution >= 4 is 12.2 Å². The maximum Gasteiger partial charge on any atom is 0.332 e. The van der Waals surface area contributed by atoms with E-state index in [1.807, 2.05) is 12.1 Å². The highest BCUT2D eigenvalue weighted by molar-refractivity contribution is 5.84. The summed E-state index contributed by atoms with van der Waals surface area (Å²) in [5.74, 6) is 0.724. The molecule has 2 rings (SSSR count). The van der Waals surface area contributed by atoms with E-state index in [-0.39, 0.29) is 0 Å². The molecular weight excluding hydrogens is 248 g/mol. The van der Waals surface area contributed by atoms with E-state index in [2.05, 4.69) is 20.1 Å². The molecule has 0 unspecified atom stereocenters. The molecule has 1 aromatic heterocycles. The number of carbonyl (C=O) groups is 1. The summed E-state index contributed by atoms with van der Waals surface area (Å²) in [5.41, 5.74) is 0.804. The zero-order valence-electron chi connectivity index (χ0n) is 10.5. The monoisotopic (exact) mass is 260 g/mol. The zero-order chi connectivity index (χ0) is 13.7. The van der Waals surface area contributed by atoms with Gasteiger partial charge in [-0.15, -0.1) is 15.0 Å². The number of benzene rings is 1. The first-order valence-electron chi connectivity index (χ1n) is 5.43. The molecule has 0 atom stereocenters. The van der Waals surface area contributed by atoms with E-state index in [9.17, 15) is 4.79 Å². The van der Waals surface area contributed by atoms with Gasteiger partial charge in [-0.3, -0.25) is 0 Å². The zero-order valence-corrected chi connectivity index (χ0v) is 10.5. The number of nitrogens with zero attached hydrogens (tertiary/aromatic N) is 4. The van der Waals surface area contributed by atoms with E-state index < -0.39 is 5.97 Å². The van der Waals surface area contributed by atoms with Gasteiger partial charge in [-0.1, -0.05) is 0 Å². The number of hydrogen-bond donors (Lipinski definition) is 0. The smallest absolute Gasteiger partial charge is 0.332 e. The van der Waals surface area contributed by atoms with Crippen LogP contribution >= 0.6 is 0 Å². The van der Waals surface area contributed by atoms with Crippen molar-refractivity contribution in [1.29, 1.82) is 0 Å². The van der Waals surface area contributed by atoms with E-state index in [0.29, 0.717) is 5.82 Å². The third-order valence-electron chi connectivity index (χ3n) is 2.32. The van der Waals surface area contributed by atoms with Gasteiger partial charge in [0.05, 0.1) is 20.4 Å². The fourth-order valence-electron chi connectivity index (χ4n) is 1.34. The summed E-state index contributed by atoms with van der Waals surface area (Å²) >= 11 is 0. The average Bonchev–Trinajstić information content (AvgIpc) is 2.93. The minimum Gasteiger partial charge on any atom is -0.497 e. The summed E-state index contributed by atoms with van der Waals surface area (Å²) in [5, 5.41) is 11.8. The number of hydrogen-bond acceptors (Lipinski definition) is 6. The van der Waals surface area contributed by atoms with Crippen LogP contribution in [0.4, 0.5) is 0 Å². The first-order chi connectivity index (χ1) is 9.22. The van der Waals surface area contributed by atoms with Gasteiger partial charge in [0, 0.05) is 11.6 Å². The number of rotatable bonds is 4. The Balaban J connectivity index is 2.15. The Hall–Kier alpha value is -2.70. The molecule has 0 aliphatic rings. The molecule has 1 aromatic carbocycles. The average molecular weight is 260 g/mol. The van der Waals surface area contributed by atoms with E-state index in [1.54, 1.807) is 19.2 Å². The molecule has 0 spiro atoms. The van der Waals surface area contributed by atoms with Crippen LogP contribution in [0.25, 0.3) is 17.6 Å². The summed E-state index contributed by atoms with van der Waals surface area (Å²) < 4.78 is 9.52. The first-order valence-corrected chi connectivity index (χ1v) is 5.43. The Bertz CT molecular complexity index is 589. The van der Waals surface area contributed by atoms with Crippen molar-refractivity contribution in [3.05, 3.63) is 30.3 Å². The van der Waals surface area contributed by atoms with Crippen molar-refractivity contribution in [1.82, 2.24) is 20.2 Å². The molecule has 0 aliphatic carbocycles. The lowest BCUT2D eigenvalue weighted by molar-refractivity contribution is -0.134. The molecule has 0 saturated heterocycles. The molecule has 7 heteroatoms. The Labute approximate surface area is 109 Å². The molecule has 1 heterocycles. The van der Waals surface area contributed by atoms with E-state index in [4.69, 9.17) is 4.74 Å². The van der Waals surface area contributed by atoms with Crippen molar-refractivity contribution in [3.8, 4) is 17.1 Å². The summed E-state index contributed by atoms with van der Waals surface area (Å²) in [6.07, 6.45) is 2.57. The van der Waals surface area contributed by atoms with Gasteiger partial charge in [0.2, 0.25) is 5.82 Å². The molecule has 98 valence electrons. The minimum absolute atomic E-state index is 0.456. The predicted molar refractivity (Wildman–Crippen MR) is 67.2 cm³/mol. The highest BCUT2D eigenvalue weighted by Gasteiger charge is 2.05. The van der Waals surface area contributed by atoms with Gasteiger partial charge in [0.15, 0.2) is 0 Å². The second kappa shape index (κ2) is 5.76. The van der Waals surface area contributed by atoms with Crippen LogP contribution in [0.15, 0.2) is 30.3 Å². The normalized spacial score (nSPS) is 10.6. The second-order valence-corrected chi connectivity index (χ2v) is 3.50. The van der Waals surface area contributed by atoms with E-state index >= 15 is 0 Å². The summed E-state index contributed by atoms with van der Waals surface area (Å²) in [7, 11) is 2.89. The highest BCUT2D eigenvalue weighted by atomic mass is 16.5. The molecule has 0 radical (unpaired) electrons. The van der Waals surface area contributed by atoms with Crippen LogP contribution in [-0.2, 0) is 9.53 Å². The fourth-order valence-corrected chi connectivity index (χ4v) is 1.34. The van der Waals surface area contributed by atoms with Crippen LogP contribution in [-0.4, -0.2) is 40.4 Å². The predicted octanol–water partition coefficient (Wildman–Crippen LogP) is 0.992. The SMILES string of the molecule is COC(=O)/C=C/n1nnc(-c2ccc(OC)cc2)n1. The molecule has 0 aliphatic heterocycles. The maximum absolute atomic E-state index is 10.9. The third kappa shape index (κ3) is 3.15. The van der Waals surface area contributed by atoms with Gasteiger partial charge in [-0.2, -0.15) is 0 Å². The van der Waals surface area contributed by atoms with Gasteiger partial charge >= 0.3 is 5.97 Å². The number of ether oxygens (including phenoxy) is 2. The Morgan fingerprint density at radius 1 is 1.26 bits per heavy atom. The van der Waals surface area contributed by atoms with Gasteiger partial charge in [-0.25, -0.2) is 4.79 Å². The van der Waals surface area contributed by atoms with Crippen LogP contribution in [0.2, 0.25) is 0 Å². The van der Waals surface area contributed by atoms with E-state index in [0.717, 1.165) is 11.3 Å². The van der Waals surface area contributed by atoms with Gasteiger partial charge in [-0.05, 0) is 29.5 Å². The summed E-state index contributed by atoms with van der Waals surface area (Å²) in [4.78, 5) is 12.1. The minimum atomic E-state index is -0.483. The molecular formula is C12H12N4O3. The van der Waals surface area contributed by atoms with Crippen LogP contribution in [0.1, 0.15) is 0 Å². The van der Waals surface area contributed by atoms with Crippen LogP contribution in [0, 0.1) is 0 Å². The first kappa shape index (κ1) is 12.7. The highest BCUT2D eigenvalue weighted by Crippen LogP contribution is 2.18. The van der Waals surface area contributed by atoms with Gasteiger partial charge in [0.25, 0.3) is 0 Å². The molecule has 0 saturated carbocycles. The molecule has 0 bridgehead atoms. The topological polar surface area (TPSA) is 79.1 Å². The van der Waals surface area contributed by atoms with E-state index in [1.165, 1.54) is 24.2 Å². The molecule has 2 aromatic rings. The molecule has 19 heavy (non-hydrogen) atoms. The number of carbonyl (C=O) groups excluding carboxylic acids is 1. The number of aromatic nitrogens is 4.